The van der Waals surface area contributed by atoms with Crippen molar-refractivity contribution in [3.63, 3.8) is 0 Å². The van der Waals surface area contributed by atoms with Crippen LogP contribution in [-0.4, -0.2) is 4.69 Å². The molecule has 1 aromatic rings. The maximum Gasteiger partial charge on any atom is 0.416 e. The molecule has 0 fully saturated rings. The van der Waals surface area contributed by atoms with Crippen LogP contribution in [0.15, 0.2) is 24.3 Å². The molecule has 0 unspecified atom stereocenters. The molecule has 0 radical (unpaired) electrons. The Morgan fingerprint density at radius 3 is 2.36 bits per heavy atom. The average Bonchev–Trinajstić information content (AvgIpc) is 2.01. The molecule has 0 bridgehead atoms. The van der Waals surface area contributed by atoms with Crippen molar-refractivity contribution < 1.29 is 18.0 Å². The number of halogens is 4. The molecule has 0 N–H and O–H groups in total. The predicted octanol–water partition coefficient (Wildman–Crippen LogP) is 3.17. The SMILES string of the molecule is O=C(Br)Cc1ccccc1C(F)(F)F. The van der Waals surface area contributed by atoms with E-state index in [0.717, 1.165) is 6.07 Å². The van der Waals surface area contributed by atoms with Gasteiger partial charge in [-0.2, -0.15) is 13.2 Å². The molecule has 0 aliphatic rings. The van der Waals surface area contributed by atoms with Crippen LogP contribution in [0.25, 0.3) is 0 Å². The van der Waals surface area contributed by atoms with E-state index in [1.165, 1.54) is 18.2 Å². The number of carbonyl (C=O) groups is 1. The van der Waals surface area contributed by atoms with Crippen LogP contribution in [0.4, 0.5) is 13.2 Å². The fourth-order valence-corrected chi connectivity index (χ4v) is 1.40. The highest BCUT2D eigenvalue weighted by Gasteiger charge is 2.32. The van der Waals surface area contributed by atoms with Crippen LogP contribution >= 0.6 is 15.9 Å². The smallest absolute Gasteiger partial charge is 0.286 e. The van der Waals surface area contributed by atoms with Crippen molar-refractivity contribution in [1.82, 2.24) is 0 Å². The summed E-state index contributed by atoms with van der Waals surface area (Å²) in [6.07, 6.45) is -4.66. The van der Waals surface area contributed by atoms with Crippen molar-refractivity contribution in [2.75, 3.05) is 0 Å². The van der Waals surface area contributed by atoms with Crippen LogP contribution < -0.4 is 0 Å². The lowest BCUT2D eigenvalue weighted by Crippen LogP contribution is -2.10. The molecule has 1 rings (SSSR count). The molecule has 0 saturated heterocycles. The number of benzene rings is 1. The number of carbonyl (C=O) groups excluding carboxylic acids is 1. The van der Waals surface area contributed by atoms with Gasteiger partial charge in [0.15, 0.2) is 0 Å². The van der Waals surface area contributed by atoms with Gasteiger partial charge in [0.25, 0.3) is 0 Å². The van der Waals surface area contributed by atoms with Gasteiger partial charge in [0.2, 0.25) is 4.69 Å². The first kappa shape index (κ1) is 11.2. The average molecular weight is 267 g/mol. The summed E-state index contributed by atoms with van der Waals surface area (Å²) in [7, 11) is 0. The van der Waals surface area contributed by atoms with Gasteiger partial charge in [-0.05, 0) is 27.6 Å². The van der Waals surface area contributed by atoms with Gasteiger partial charge in [0, 0.05) is 6.42 Å². The van der Waals surface area contributed by atoms with E-state index in [4.69, 9.17) is 0 Å². The molecule has 0 amide bonds. The maximum atomic E-state index is 12.4. The Balaban J connectivity index is 3.10. The summed E-state index contributed by atoms with van der Waals surface area (Å²) in [5, 5.41) is 0. The second-order valence-corrected chi connectivity index (χ2v) is 3.57. The molecular formula is C9H6BrF3O. The molecule has 1 aromatic carbocycles. The molecule has 5 heteroatoms. The lowest BCUT2D eigenvalue weighted by Gasteiger charge is -2.10. The molecule has 0 heterocycles. The normalized spacial score (nSPS) is 11.4. The van der Waals surface area contributed by atoms with E-state index in [0.29, 0.717) is 0 Å². The molecule has 0 aliphatic carbocycles. The van der Waals surface area contributed by atoms with Crippen LogP contribution in [0.1, 0.15) is 11.1 Å². The van der Waals surface area contributed by atoms with Gasteiger partial charge in [0.1, 0.15) is 0 Å². The Labute approximate surface area is 87.1 Å². The minimum absolute atomic E-state index is 0.0122. The van der Waals surface area contributed by atoms with Gasteiger partial charge in [-0.25, -0.2) is 0 Å². The zero-order valence-corrected chi connectivity index (χ0v) is 8.52. The number of hydrogen-bond donors (Lipinski definition) is 0. The molecule has 0 saturated carbocycles. The lowest BCUT2D eigenvalue weighted by molar-refractivity contribution is -0.138. The topological polar surface area (TPSA) is 17.1 Å². The summed E-state index contributed by atoms with van der Waals surface area (Å²) < 4.78 is 36.7. The first-order valence-corrected chi connectivity index (χ1v) is 4.54. The van der Waals surface area contributed by atoms with Crippen LogP contribution in [0.3, 0.4) is 0 Å². The lowest BCUT2D eigenvalue weighted by atomic mass is 10.1. The molecular weight excluding hydrogens is 261 g/mol. The van der Waals surface area contributed by atoms with Crippen molar-refractivity contribution in [1.29, 1.82) is 0 Å². The Hall–Kier alpha value is -0.840. The Morgan fingerprint density at radius 2 is 1.86 bits per heavy atom. The first-order chi connectivity index (χ1) is 6.41. The van der Waals surface area contributed by atoms with Gasteiger partial charge in [-0.15, -0.1) is 0 Å². The van der Waals surface area contributed by atoms with Gasteiger partial charge >= 0.3 is 6.18 Å². The Kier molecular flexibility index (Phi) is 3.31. The molecule has 0 spiro atoms. The van der Waals surface area contributed by atoms with Crippen LogP contribution in [-0.2, 0) is 17.4 Å². The second kappa shape index (κ2) is 4.13. The fraction of sp³-hybridized carbons (Fsp3) is 0.222. The zero-order valence-electron chi connectivity index (χ0n) is 6.94. The van der Waals surface area contributed by atoms with Gasteiger partial charge in [-0.3, -0.25) is 4.79 Å². The van der Waals surface area contributed by atoms with Crippen molar-refractivity contribution in [3.05, 3.63) is 35.4 Å². The van der Waals surface area contributed by atoms with Gasteiger partial charge in [-0.1, -0.05) is 18.2 Å². The minimum atomic E-state index is -4.40. The summed E-state index contributed by atoms with van der Waals surface area (Å²) in [5.74, 6) is 0. The highest BCUT2D eigenvalue weighted by Crippen LogP contribution is 2.32. The van der Waals surface area contributed by atoms with Crippen molar-refractivity contribution in [3.8, 4) is 0 Å². The summed E-state index contributed by atoms with van der Waals surface area (Å²) in [4.78, 5) is 10.6. The van der Waals surface area contributed by atoms with E-state index in [1.54, 1.807) is 0 Å². The minimum Gasteiger partial charge on any atom is -0.286 e. The quantitative estimate of drug-likeness (QED) is 0.752. The van der Waals surface area contributed by atoms with E-state index in [-0.39, 0.29) is 12.0 Å². The Morgan fingerprint density at radius 1 is 1.29 bits per heavy atom. The third-order valence-electron chi connectivity index (χ3n) is 1.65. The fourth-order valence-electron chi connectivity index (χ4n) is 1.10. The van der Waals surface area contributed by atoms with E-state index >= 15 is 0 Å². The van der Waals surface area contributed by atoms with Gasteiger partial charge < -0.3 is 0 Å². The predicted molar refractivity (Wildman–Crippen MR) is 49.1 cm³/mol. The standard InChI is InChI=1S/C9H6BrF3O/c10-8(14)5-6-3-1-2-4-7(6)9(11,12)13/h1-4H,5H2. The molecule has 0 aliphatic heterocycles. The maximum absolute atomic E-state index is 12.4. The molecule has 14 heavy (non-hydrogen) atoms. The van der Waals surface area contributed by atoms with Crippen molar-refractivity contribution in [2.45, 2.75) is 12.6 Å². The highest BCUT2D eigenvalue weighted by molar-refractivity contribution is 9.18. The summed E-state index contributed by atoms with van der Waals surface area (Å²) >= 11 is 2.61. The number of hydrogen-bond acceptors (Lipinski definition) is 1. The van der Waals surface area contributed by atoms with E-state index < -0.39 is 16.4 Å². The summed E-state index contributed by atoms with van der Waals surface area (Å²) in [6.45, 7) is 0. The van der Waals surface area contributed by atoms with Crippen LogP contribution in [0.2, 0.25) is 0 Å². The van der Waals surface area contributed by atoms with Crippen LogP contribution in [0, 0.1) is 0 Å². The monoisotopic (exact) mass is 266 g/mol. The third kappa shape index (κ3) is 2.83. The highest BCUT2D eigenvalue weighted by atomic mass is 79.9. The molecule has 0 aromatic heterocycles. The number of alkyl halides is 3. The second-order valence-electron chi connectivity index (χ2n) is 2.69. The molecule has 76 valence electrons. The van der Waals surface area contributed by atoms with Crippen molar-refractivity contribution >= 4 is 20.6 Å². The molecule has 0 atom stereocenters. The van der Waals surface area contributed by atoms with E-state index in [2.05, 4.69) is 15.9 Å². The van der Waals surface area contributed by atoms with E-state index in [9.17, 15) is 18.0 Å². The largest absolute Gasteiger partial charge is 0.416 e. The first-order valence-electron chi connectivity index (χ1n) is 3.74. The van der Waals surface area contributed by atoms with Crippen molar-refractivity contribution in [2.24, 2.45) is 0 Å². The van der Waals surface area contributed by atoms with E-state index in [1.807, 2.05) is 0 Å². The molecule has 1 nitrogen and oxygen atoms in total. The Bertz CT molecular complexity index is 346. The third-order valence-corrected chi connectivity index (χ3v) is 1.93. The zero-order chi connectivity index (χ0) is 10.8. The summed E-state index contributed by atoms with van der Waals surface area (Å²) in [5.41, 5.74) is -0.769. The number of rotatable bonds is 2. The summed E-state index contributed by atoms with van der Waals surface area (Å²) in [6, 6.07) is 5.03. The van der Waals surface area contributed by atoms with Crippen LogP contribution in [0.5, 0.6) is 0 Å². The van der Waals surface area contributed by atoms with Gasteiger partial charge in [0.05, 0.1) is 5.56 Å².